The molecule has 0 saturated carbocycles. The van der Waals surface area contributed by atoms with Gasteiger partial charge in [-0.05, 0) is 45.3 Å². The van der Waals surface area contributed by atoms with Crippen LogP contribution in [0.2, 0.25) is 0 Å². The van der Waals surface area contributed by atoms with Gasteiger partial charge in [0, 0.05) is 32.4 Å². The molecule has 142 valence electrons. The zero-order valence-electron chi connectivity index (χ0n) is 16.6. The summed E-state index contributed by atoms with van der Waals surface area (Å²) in [5, 5.41) is 0. The molecule has 1 aromatic rings. The molecule has 0 aliphatic carbocycles. The number of amides is 1. The van der Waals surface area contributed by atoms with Crippen LogP contribution in [0.4, 0.5) is 0 Å². The third kappa shape index (κ3) is 3.91. The van der Waals surface area contributed by atoms with Crippen molar-refractivity contribution in [3.63, 3.8) is 0 Å². The van der Waals surface area contributed by atoms with Crippen LogP contribution in [0.15, 0.2) is 24.3 Å². The minimum Gasteiger partial charge on any atom is -0.490 e. The number of hydrogen-bond acceptors (Lipinski definition) is 4. The van der Waals surface area contributed by atoms with E-state index < -0.39 is 0 Å². The van der Waals surface area contributed by atoms with Crippen LogP contribution in [0.3, 0.4) is 0 Å². The Labute approximate surface area is 157 Å². The van der Waals surface area contributed by atoms with E-state index in [2.05, 4.69) is 27.7 Å². The molecule has 0 N–H and O–H groups in total. The Morgan fingerprint density at radius 3 is 2.15 bits per heavy atom. The maximum absolute atomic E-state index is 11.7. The highest BCUT2D eigenvalue weighted by Gasteiger charge is 2.51. The standard InChI is InChI=1S/C20H30BNO4/c1-6-18(23)22-13-11-17(12-14-22)24-16-9-7-15(8-10-16)21-25-19(2,3)20(4,5)26-21/h7-10,17H,6,11-14H2,1-5H3. The SMILES string of the molecule is CCC(=O)N1CCC(Oc2ccc(B3OC(C)(C)C(C)(C)O3)cc2)CC1. The van der Waals surface area contributed by atoms with Crippen molar-refractivity contribution in [2.45, 2.75) is 71.2 Å². The molecule has 0 atom stereocenters. The van der Waals surface area contributed by atoms with E-state index in [9.17, 15) is 4.79 Å². The Hall–Kier alpha value is -1.53. The number of carbonyl (C=O) groups excluding carboxylic acids is 1. The van der Waals surface area contributed by atoms with E-state index in [4.69, 9.17) is 14.0 Å². The topological polar surface area (TPSA) is 48.0 Å². The second-order valence-corrected chi connectivity index (χ2v) is 8.21. The smallest absolute Gasteiger partial charge is 0.490 e. The van der Waals surface area contributed by atoms with E-state index in [1.165, 1.54) is 0 Å². The first kappa shape index (κ1) is 19.2. The quantitative estimate of drug-likeness (QED) is 0.776. The third-order valence-corrected chi connectivity index (χ3v) is 5.81. The van der Waals surface area contributed by atoms with E-state index in [1.54, 1.807) is 0 Å². The summed E-state index contributed by atoms with van der Waals surface area (Å²) in [4.78, 5) is 13.7. The van der Waals surface area contributed by atoms with Crippen molar-refractivity contribution in [2.75, 3.05) is 13.1 Å². The fourth-order valence-corrected chi connectivity index (χ4v) is 3.32. The Bertz CT molecular complexity index is 620. The number of hydrogen-bond donors (Lipinski definition) is 0. The van der Waals surface area contributed by atoms with Gasteiger partial charge in [0.2, 0.25) is 5.91 Å². The molecular weight excluding hydrogens is 329 g/mol. The van der Waals surface area contributed by atoms with Crippen LogP contribution in [0.1, 0.15) is 53.9 Å². The summed E-state index contributed by atoms with van der Waals surface area (Å²) in [5.74, 6) is 1.08. The summed E-state index contributed by atoms with van der Waals surface area (Å²) in [6.45, 7) is 11.7. The monoisotopic (exact) mass is 359 g/mol. The molecule has 2 heterocycles. The summed E-state index contributed by atoms with van der Waals surface area (Å²) in [5.41, 5.74) is 0.326. The van der Waals surface area contributed by atoms with Gasteiger partial charge in [-0.2, -0.15) is 0 Å². The van der Waals surface area contributed by atoms with Crippen molar-refractivity contribution in [3.8, 4) is 5.75 Å². The molecule has 2 saturated heterocycles. The molecule has 2 fully saturated rings. The number of likely N-dealkylation sites (tertiary alicyclic amines) is 1. The second kappa shape index (κ2) is 7.24. The van der Waals surface area contributed by atoms with Gasteiger partial charge in [-0.1, -0.05) is 19.1 Å². The van der Waals surface area contributed by atoms with Gasteiger partial charge >= 0.3 is 7.12 Å². The Morgan fingerprint density at radius 1 is 1.12 bits per heavy atom. The number of piperidine rings is 1. The Kier molecular flexibility index (Phi) is 5.36. The van der Waals surface area contributed by atoms with Gasteiger partial charge in [-0.3, -0.25) is 4.79 Å². The van der Waals surface area contributed by atoms with Gasteiger partial charge in [0.25, 0.3) is 0 Å². The average molecular weight is 359 g/mol. The highest BCUT2D eigenvalue weighted by Crippen LogP contribution is 2.36. The molecule has 0 aromatic heterocycles. The van der Waals surface area contributed by atoms with Gasteiger partial charge in [0.05, 0.1) is 11.2 Å². The molecule has 2 aliphatic rings. The van der Waals surface area contributed by atoms with Gasteiger partial charge in [-0.15, -0.1) is 0 Å². The zero-order valence-corrected chi connectivity index (χ0v) is 16.6. The molecular formula is C20H30BNO4. The van der Waals surface area contributed by atoms with Crippen LogP contribution in [-0.4, -0.2) is 48.3 Å². The molecule has 2 aliphatic heterocycles. The van der Waals surface area contributed by atoms with Gasteiger partial charge in [0.15, 0.2) is 0 Å². The van der Waals surface area contributed by atoms with Crippen LogP contribution < -0.4 is 10.2 Å². The molecule has 1 aromatic carbocycles. The maximum Gasteiger partial charge on any atom is 0.494 e. The third-order valence-electron chi connectivity index (χ3n) is 5.81. The van der Waals surface area contributed by atoms with Crippen molar-refractivity contribution >= 4 is 18.5 Å². The van der Waals surface area contributed by atoms with E-state index in [-0.39, 0.29) is 30.3 Å². The minimum atomic E-state index is -0.350. The van der Waals surface area contributed by atoms with Crippen LogP contribution in [0.5, 0.6) is 5.75 Å². The highest BCUT2D eigenvalue weighted by atomic mass is 16.7. The first-order valence-corrected chi connectivity index (χ1v) is 9.62. The zero-order chi connectivity index (χ0) is 18.9. The first-order chi connectivity index (χ1) is 12.2. The van der Waals surface area contributed by atoms with Crippen LogP contribution in [0, 0.1) is 0 Å². The lowest BCUT2D eigenvalue weighted by Gasteiger charge is -2.32. The highest BCUT2D eigenvalue weighted by molar-refractivity contribution is 6.62. The normalized spacial score (nSPS) is 22.5. The van der Waals surface area contributed by atoms with Crippen molar-refractivity contribution in [2.24, 2.45) is 0 Å². The van der Waals surface area contributed by atoms with Crippen molar-refractivity contribution in [1.29, 1.82) is 0 Å². The van der Waals surface area contributed by atoms with Crippen molar-refractivity contribution < 1.29 is 18.8 Å². The predicted molar refractivity (Wildman–Crippen MR) is 103 cm³/mol. The second-order valence-electron chi connectivity index (χ2n) is 8.21. The fraction of sp³-hybridized carbons (Fsp3) is 0.650. The van der Waals surface area contributed by atoms with E-state index in [0.29, 0.717) is 6.42 Å². The van der Waals surface area contributed by atoms with E-state index in [0.717, 1.165) is 37.1 Å². The fourth-order valence-electron chi connectivity index (χ4n) is 3.32. The lowest BCUT2D eigenvalue weighted by molar-refractivity contribution is -0.132. The molecule has 0 radical (unpaired) electrons. The van der Waals surface area contributed by atoms with Crippen LogP contribution >= 0.6 is 0 Å². The average Bonchev–Trinajstić information content (AvgIpc) is 2.83. The number of rotatable bonds is 4. The number of ether oxygens (including phenoxy) is 1. The molecule has 1 amide bonds. The molecule has 3 rings (SSSR count). The van der Waals surface area contributed by atoms with Crippen molar-refractivity contribution in [1.82, 2.24) is 4.90 Å². The Balaban J connectivity index is 1.55. The number of carbonyl (C=O) groups is 1. The first-order valence-electron chi connectivity index (χ1n) is 9.62. The molecule has 5 nitrogen and oxygen atoms in total. The summed E-state index contributed by atoms with van der Waals surface area (Å²) in [6, 6.07) is 7.97. The van der Waals surface area contributed by atoms with Crippen molar-refractivity contribution in [3.05, 3.63) is 24.3 Å². The molecule has 0 spiro atoms. The lowest BCUT2D eigenvalue weighted by Crippen LogP contribution is -2.41. The summed E-state index contributed by atoms with van der Waals surface area (Å²) < 4.78 is 18.3. The maximum atomic E-state index is 11.7. The van der Waals surface area contributed by atoms with Gasteiger partial charge in [0.1, 0.15) is 11.9 Å². The summed E-state index contributed by atoms with van der Waals surface area (Å²) >= 11 is 0. The van der Waals surface area contributed by atoms with E-state index >= 15 is 0 Å². The number of nitrogens with zero attached hydrogens (tertiary/aromatic N) is 1. The molecule has 0 unspecified atom stereocenters. The molecule has 6 heteroatoms. The minimum absolute atomic E-state index is 0.165. The summed E-state index contributed by atoms with van der Waals surface area (Å²) in [6.07, 6.45) is 2.50. The van der Waals surface area contributed by atoms with E-state index in [1.807, 2.05) is 36.1 Å². The molecule has 26 heavy (non-hydrogen) atoms. The Morgan fingerprint density at radius 2 is 1.65 bits per heavy atom. The summed E-state index contributed by atoms with van der Waals surface area (Å²) in [7, 11) is -0.350. The number of benzene rings is 1. The van der Waals surface area contributed by atoms with Crippen LogP contribution in [-0.2, 0) is 14.1 Å². The largest absolute Gasteiger partial charge is 0.494 e. The van der Waals surface area contributed by atoms with Crippen LogP contribution in [0.25, 0.3) is 0 Å². The molecule has 0 bridgehead atoms. The van der Waals surface area contributed by atoms with Gasteiger partial charge < -0.3 is 18.9 Å². The van der Waals surface area contributed by atoms with Gasteiger partial charge in [-0.25, -0.2) is 0 Å². The lowest BCUT2D eigenvalue weighted by atomic mass is 9.79. The predicted octanol–water partition coefficient (Wildman–Crippen LogP) is 2.77.